The Kier molecular flexibility index (Phi) is 2.52. The number of aryl methyl sites for hydroxylation is 1. The molecule has 0 bridgehead atoms. The predicted molar refractivity (Wildman–Crippen MR) is 51.5 cm³/mol. The van der Waals surface area contributed by atoms with E-state index in [2.05, 4.69) is 4.98 Å². The van der Waals surface area contributed by atoms with Gasteiger partial charge in [0.05, 0.1) is 5.92 Å². The van der Waals surface area contributed by atoms with Gasteiger partial charge in [0.15, 0.2) is 11.5 Å². The fraction of sp³-hybridized carbons (Fsp3) is 0.556. The number of nitrogen functional groups attached to an aromatic ring is 1. The molecule has 8 heteroatoms. The number of fused-ring (bicyclic) bond motifs is 1. The maximum absolute atomic E-state index is 12.6. The Balaban J connectivity index is 2.39. The summed E-state index contributed by atoms with van der Waals surface area (Å²) >= 11 is 0. The monoisotopic (exact) mass is 249 g/mol. The third-order valence-electron chi connectivity index (χ3n) is 2.86. The first-order valence-corrected chi connectivity index (χ1v) is 4.95. The van der Waals surface area contributed by atoms with Crippen LogP contribution in [0.4, 0.5) is 19.0 Å². The smallest absolute Gasteiger partial charge is 0.393 e. The highest BCUT2D eigenvalue weighted by Gasteiger charge is 2.42. The van der Waals surface area contributed by atoms with E-state index in [-0.39, 0.29) is 24.4 Å². The lowest BCUT2D eigenvalue weighted by Crippen LogP contribution is -2.33. The van der Waals surface area contributed by atoms with Crippen molar-refractivity contribution in [2.75, 3.05) is 5.73 Å². The topological polar surface area (TPSA) is 81.1 Å². The number of alkyl halides is 3. The first kappa shape index (κ1) is 11.7. The molecule has 0 amide bonds. The molecule has 94 valence electrons. The summed E-state index contributed by atoms with van der Waals surface area (Å²) in [5, 5.41) is 8.88. The second-order valence-corrected chi connectivity index (χ2v) is 3.95. The van der Waals surface area contributed by atoms with Crippen LogP contribution in [0.3, 0.4) is 0 Å². The summed E-state index contributed by atoms with van der Waals surface area (Å²) < 4.78 is 38.7. The van der Waals surface area contributed by atoms with Crippen molar-refractivity contribution in [1.29, 1.82) is 0 Å². The van der Waals surface area contributed by atoms with E-state index in [0.717, 1.165) is 4.57 Å². The van der Waals surface area contributed by atoms with Crippen molar-refractivity contribution in [3.8, 4) is 0 Å². The van der Waals surface area contributed by atoms with Gasteiger partial charge in [-0.25, -0.2) is 9.78 Å². The van der Waals surface area contributed by atoms with Crippen LogP contribution in [0.25, 0.3) is 0 Å². The summed E-state index contributed by atoms with van der Waals surface area (Å²) in [6.45, 7) is -0.426. The van der Waals surface area contributed by atoms with Crippen molar-refractivity contribution in [3.05, 3.63) is 11.5 Å². The molecule has 1 aromatic rings. The fourth-order valence-corrected chi connectivity index (χ4v) is 2.01. The molecule has 0 spiro atoms. The second kappa shape index (κ2) is 3.64. The Bertz CT molecular complexity index is 467. The van der Waals surface area contributed by atoms with Gasteiger partial charge in [0, 0.05) is 13.0 Å². The Labute approximate surface area is 94.0 Å². The number of hydrogen-bond donors (Lipinski definition) is 2. The molecule has 0 saturated heterocycles. The first-order valence-electron chi connectivity index (χ1n) is 4.95. The molecular weight excluding hydrogens is 239 g/mol. The molecule has 0 aromatic carbocycles. The lowest BCUT2D eigenvalue weighted by Gasteiger charge is -2.26. The van der Waals surface area contributed by atoms with E-state index < -0.39 is 24.6 Å². The number of carboxylic acids is 1. The molecule has 0 fully saturated rings. The average Bonchev–Trinajstić information content (AvgIpc) is 2.50. The number of nitrogens with zero attached hydrogens (tertiary/aromatic N) is 2. The van der Waals surface area contributed by atoms with E-state index in [4.69, 9.17) is 10.8 Å². The third-order valence-corrected chi connectivity index (χ3v) is 2.86. The van der Waals surface area contributed by atoms with Gasteiger partial charge in [-0.2, -0.15) is 13.2 Å². The number of aromatic carboxylic acids is 1. The molecule has 1 aliphatic rings. The van der Waals surface area contributed by atoms with Crippen LogP contribution in [0.2, 0.25) is 0 Å². The molecular formula is C9H10F3N3O2. The molecule has 1 atom stereocenters. The lowest BCUT2D eigenvalue weighted by molar-refractivity contribution is -0.182. The molecule has 1 unspecified atom stereocenters. The quantitative estimate of drug-likeness (QED) is 0.785. The Morgan fingerprint density at radius 1 is 1.53 bits per heavy atom. The van der Waals surface area contributed by atoms with Crippen molar-refractivity contribution in [2.24, 2.45) is 5.92 Å². The van der Waals surface area contributed by atoms with Gasteiger partial charge in [-0.1, -0.05) is 0 Å². The minimum absolute atomic E-state index is 0.0843. The minimum atomic E-state index is -4.33. The number of aromatic nitrogens is 2. The number of hydrogen-bond acceptors (Lipinski definition) is 3. The van der Waals surface area contributed by atoms with Crippen LogP contribution in [-0.4, -0.2) is 26.8 Å². The van der Waals surface area contributed by atoms with E-state index in [9.17, 15) is 18.0 Å². The minimum Gasteiger partial charge on any atom is -0.476 e. The van der Waals surface area contributed by atoms with E-state index in [1.807, 2.05) is 0 Å². The summed E-state index contributed by atoms with van der Waals surface area (Å²) in [6, 6.07) is 0. The van der Waals surface area contributed by atoms with Crippen LogP contribution in [0.15, 0.2) is 0 Å². The van der Waals surface area contributed by atoms with Gasteiger partial charge in [-0.15, -0.1) is 0 Å². The standard InChI is InChI=1S/C9H10F3N3O2/c10-9(11,12)4-1-2-5-14-7(13)6(8(16)17)15(5)3-4/h4H,1-3,13H2,(H,16,17). The highest BCUT2D eigenvalue weighted by atomic mass is 19.4. The fourth-order valence-electron chi connectivity index (χ4n) is 2.01. The SMILES string of the molecule is Nc1nc2n(c1C(=O)O)CC(C(F)(F)F)CC2. The lowest BCUT2D eigenvalue weighted by atomic mass is 9.99. The third kappa shape index (κ3) is 1.94. The molecule has 5 nitrogen and oxygen atoms in total. The van der Waals surface area contributed by atoms with E-state index in [1.165, 1.54) is 0 Å². The zero-order valence-electron chi connectivity index (χ0n) is 8.66. The van der Waals surface area contributed by atoms with Crippen LogP contribution in [-0.2, 0) is 13.0 Å². The maximum Gasteiger partial charge on any atom is 0.393 e. The largest absolute Gasteiger partial charge is 0.476 e. The summed E-state index contributed by atoms with van der Waals surface area (Å²) in [5.41, 5.74) is 5.03. The number of anilines is 1. The van der Waals surface area contributed by atoms with Gasteiger partial charge in [0.2, 0.25) is 0 Å². The molecule has 0 aliphatic carbocycles. The predicted octanol–water partition coefficient (Wildman–Crippen LogP) is 1.29. The zero-order chi connectivity index (χ0) is 12.8. The first-order chi connectivity index (χ1) is 7.80. The Morgan fingerprint density at radius 2 is 2.18 bits per heavy atom. The molecule has 17 heavy (non-hydrogen) atoms. The summed E-state index contributed by atoms with van der Waals surface area (Å²) in [5.74, 6) is -2.82. The normalized spacial score (nSPS) is 20.1. The van der Waals surface area contributed by atoms with Gasteiger partial charge in [0.1, 0.15) is 5.82 Å². The second-order valence-electron chi connectivity index (χ2n) is 3.95. The van der Waals surface area contributed by atoms with Crippen LogP contribution in [0.5, 0.6) is 0 Å². The zero-order valence-corrected chi connectivity index (χ0v) is 8.66. The molecule has 0 saturated carbocycles. The maximum atomic E-state index is 12.6. The van der Waals surface area contributed by atoms with Crippen molar-refractivity contribution in [2.45, 2.75) is 25.6 Å². The molecule has 3 N–H and O–H groups in total. The van der Waals surface area contributed by atoms with Gasteiger partial charge in [-0.3, -0.25) is 0 Å². The molecule has 1 aliphatic heterocycles. The van der Waals surface area contributed by atoms with Gasteiger partial charge in [-0.05, 0) is 6.42 Å². The van der Waals surface area contributed by atoms with Crippen LogP contribution in [0.1, 0.15) is 22.7 Å². The molecule has 1 aromatic heterocycles. The van der Waals surface area contributed by atoms with Crippen LogP contribution < -0.4 is 5.73 Å². The number of nitrogens with two attached hydrogens (primary N) is 1. The average molecular weight is 249 g/mol. The number of carbonyl (C=O) groups is 1. The van der Waals surface area contributed by atoms with Crippen molar-refractivity contribution in [1.82, 2.24) is 9.55 Å². The van der Waals surface area contributed by atoms with E-state index in [0.29, 0.717) is 5.82 Å². The van der Waals surface area contributed by atoms with Crippen molar-refractivity contribution in [3.63, 3.8) is 0 Å². The van der Waals surface area contributed by atoms with Gasteiger partial charge < -0.3 is 15.4 Å². The number of halogens is 3. The number of imidazole rings is 1. The molecule has 2 heterocycles. The number of carboxylic acid groups (broad SMARTS) is 1. The van der Waals surface area contributed by atoms with Crippen LogP contribution in [0, 0.1) is 5.92 Å². The highest BCUT2D eigenvalue weighted by Crippen LogP contribution is 2.35. The van der Waals surface area contributed by atoms with Crippen LogP contribution >= 0.6 is 0 Å². The van der Waals surface area contributed by atoms with Gasteiger partial charge in [0.25, 0.3) is 0 Å². The van der Waals surface area contributed by atoms with E-state index >= 15 is 0 Å². The highest BCUT2D eigenvalue weighted by molar-refractivity contribution is 5.91. The van der Waals surface area contributed by atoms with E-state index in [1.54, 1.807) is 0 Å². The Hall–Kier alpha value is -1.73. The van der Waals surface area contributed by atoms with Crippen molar-refractivity contribution < 1.29 is 23.1 Å². The Morgan fingerprint density at radius 3 is 2.71 bits per heavy atom. The molecule has 0 radical (unpaired) electrons. The molecule has 2 rings (SSSR count). The van der Waals surface area contributed by atoms with Crippen molar-refractivity contribution >= 4 is 11.8 Å². The summed E-state index contributed by atoms with van der Waals surface area (Å²) in [7, 11) is 0. The number of rotatable bonds is 1. The van der Waals surface area contributed by atoms with Gasteiger partial charge >= 0.3 is 12.1 Å². The summed E-state index contributed by atoms with van der Waals surface area (Å²) in [4.78, 5) is 14.7. The summed E-state index contributed by atoms with van der Waals surface area (Å²) in [6.07, 6.45) is -4.33.